The molecule has 136 valence electrons. The van der Waals surface area contributed by atoms with Crippen molar-refractivity contribution in [1.29, 1.82) is 0 Å². The fraction of sp³-hybridized carbons (Fsp3) is 0.556. The van der Waals surface area contributed by atoms with Crippen LogP contribution in [-0.2, 0) is 9.53 Å². The van der Waals surface area contributed by atoms with Crippen LogP contribution in [0.2, 0.25) is 0 Å². The molecule has 0 bridgehead atoms. The second kappa shape index (κ2) is 6.59. The molecule has 0 aromatic heterocycles. The Morgan fingerprint density at radius 1 is 1.32 bits per heavy atom. The Balaban J connectivity index is 1.74. The summed E-state index contributed by atoms with van der Waals surface area (Å²) in [5.74, 6) is -0.431. The lowest BCUT2D eigenvalue weighted by Crippen LogP contribution is -2.44. The summed E-state index contributed by atoms with van der Waals surface area (Å²) in [5.41, 5.74) is 0.292. The molecule has 1 aliphatic heterocycles. The molecular formula is C18H22BrFN2O3. The van der Waals surface area contributed by atoms with Gasteiger partial charge in [-0.05, 0) is 58.1 Å². The third-order valence-electron chi connectivity index (χ3n) is 4.28. The Kier molecular flexibility index (Phi) is 4.79. The summed E-state index contributed by atoms with van der Waals surface area (Å²) >= 11 is 3.40. The average molecular weight is 413 g/mol. The van der Waals surface area contributed by atoms with Gasteiger partial charge in [0.05, 0.1) is 5.69 Å². The summed E-state index contributed by atoms with van der Waals surface area (Å²) in [6, 6.07) is 2.70. The SMILES string of the molecule is CC(C)(C)OC(=O)NC1CCN(c2ccc(Br)c(C3CC3)c2F)C1=O. The van der Waals surface area contributed by atoms with Crippen LogP contribution in [0.15, 0.2) is 16.6 Å². The van der Waals surface area contributed by atoms with E-state index in [0.717, 1.165) is 17.3 Å². The monoisotopic (exact) mass is 412 g/mol. The molecule has 1 aliphatic carbocycles. The van der Waals surface area contributed by atoms with Crippen LogP contribution in [0.5, 0.6) is 0 Å². The van der Waals surface area contributed by atoms with Gasteiger partial charge in [-0.3, -0.25) is 4.79 Å². The largest absolute Gasteiger partial charge is 0.444 e. The maximum Gasteiger partial charge on any atom is 0.408 e. The second-order valence-electron chi connectivity index (χ2n) is 7.55. The average Bonchev–Trinajstić information content (AvgIpc) is 3.25. The zero-order chi connectivity index (χ0) is 18.4. The minimum Gasteiger partial charge on any atom is -0.444 e. The first-order valence-corrected chi connectivity index (χ1v) is 9.25. The van der Waals surface area contributed by atoms with Gasteiger partial charge in [0.15, 0.2) is 5.82 Å². The van der Waals surface area contributed by atoms with Crippen LogP contribution in [0.3, 0.4) is 0 Å². The summed E-state index contributed by atoms with van der Waals surface area (Å²) in [6.07, 6.45) is 1.72. The van der Waals surface area contributed by atoms with E-state index in [0.29, 0.717) is 18.5 Å². The van der Waals surface area contributed by atoms with E-state index in [1.54, 1.807) is 32.9 Å². The highest BCUT2D eigenvalue weighted by Crippen LogP contribution is 2.46. The number of benzene rings is 1. The molecule has 1 saturated carbocycles. The van der Waals surface area contributed by atoms with Gasteiger partial charge in [-0.2, -0.15) is 0 Å². The molecule has 2 amide bonds. The molecule has 1 N–H and O–H groups in total. The fourth-order valence-corrected chi connectivity index (χ4v) is 3.65. The predicted octanol–water partition coefficient (Wildman–Crippen LogP) is 4.10. The summed E-state index contributed by atoms with van der Waals surface area (Å²) in [7, 11) is 0. The first-order chi connectivity index (χ1) is 11.7. The van der Waals surface area contributed by atoms with Gasteiger partial charge in [-0.15, -0.1) is 0 Å². The van der Waals surface area contributed by atoms with Gasteiger partial charge >= 0.3 is 6.09 Å². The number of halogens is 2. The van der Waals surface area contributed by atoms with E-state index in [9.17, 15) is 14.0 Å². The second-order valence-corrected chi connectivity index (χ2v) is 8.40. The van der Waals surface area contributed by atoms with E-state index in [1.807, 2.05) is 0 Å². The Morgan fingerprint density at radius 3 is 2.60 bits per heavy atom. The normalized spacial score (nSPS) is 20.8. The van der Waals surface area contributed by atoms with Gasteiger partial charge in [0.25, 0.3) is 0 Å². The summed E-state index contributed by atoms with van der Waals surface area (Å²) in [4.78, 5) is 25.9. The first kappa shape index (κ1) is 18.2. The van der Waals surface area contributed by atoms with E-state index in [4.69, 9.17) is 4.74 Å². The van der Waals surface area contributed by atoms with Gasteiger partial charge in [-0.1, -0.05) is 15.9 Å². The highest BCUT2D eigenvalue weighted by Gasteiger charge is 2.38. The van der Waals surface area contributed by atoms with Gasteiger partial charge in [-0.25, -0.2) is 9.18 Å². The lowest BCUT2D eigenvalue weighted by Gasteiger charge is -2.22. The first-order valence-electron chi connectivity index (χ1n) is 8.46. The van der Waals surface area contributed by atoms with Crippen molar-refractivity contribution in [3.05, 3.63) is 28.0 Å². The third kappa shape index (κ3) is 3.97. The minimum atomic E-state index is -0.692. The van der Waals surface area contributed by atoms with Gasteiger partial charge < -0.3 is 15.0 Å². The number of hydrogen-bond acceptors (Lipinski definition) is 3. The molecule has 5 nitrogen and oxygen atoms in total. The zero-order valence-corrected chi connectivity index (χ0v) is 16.2. The lowest BCUT2D eigenvalue weighted by molar-refractivity contribution is -0.118. The van der Waals surface area contributed by atoms with Gasteiger partial charge in [0.1, 0.15) is 11.6 Å². The highest BCUT2D eigenvalue weighted by molar-refractivity contribution is 9.10. The number of carbonyl (C=O) groups excluding carboxylic acids is 2. The predicted molar refractivity (Wildman–Crippen MR) is 96.2 cm³/mol. The molecule has 3 rings (SSSR count). The summed E-state index contributed by atoms with van der Waals surface area (Å²) in [6.45, 7) is 5.63. The molecular weight excluding hydrogens is 391 g/mol. The van der Waals surface area contributed by atoms with E-state index in [-0.39, 0.29) is 23.3 Å². The van der Waals surface area contributed by atoms with E-state index < -0.39 is 17.7 Å². The zero-order valence-electron chi connectivity index (χ0n) is 14.6. The smallest absolute Gasteiger partial charge is 0.408 e. The van der Waals surface area contributed by atoms with Crippen molar-refractivity contribution in [3.63, 3.8) is 0 Å². The molecule has 2 fully saturated rings. The molecule has 1 saturated heterocycles. The summed E-state index contributed by atoms with van der Waals surface area (Å²) in [5, 5.41) is 2.58. The molecule has 1 unspecified atom stereocenters. The van der Waals surface area contributed by atoms with Crippen molar-refractivity contribution in [2.75, 3.05) is 11.4 Å². The fourth-order valence-electron chi connectivity index (χ4n) is 3.02. The van der Waals surface area contributed by atoms with Crippen LogP contribution >= 0.6 is 15.9 Å². The number of anilines is 1. The number of nitrogens with zero attached hydrogens (tertiary/aromatic N) is 1. The molecule has 0 spiro atoms. The topological polar surface area (TPSA) is 58.6 Å². The van der Waals surface area contributed by atoms with Crippen molar-refractivity contribution in [1.82, 2.24) is 5.32 Å². The number of hydrogen-bond donors (Lipinski definition) is 1. The molecule has 1 heterocycles. The van der Waals surface area contributed by atoms with Crippen molar-refractivity contribution in [2.24, 2.45) is 0 Å². The van der Waals surface area contributed by atoms with Gasteiger partial charge in [0, 0.05) is 16.6 Å². The maximum atomic E-state index is 14.9. The Hall–Kier alpha value is -1.63. The van der Waals surface area contributed by atoms with Crippen molar-refractivity contribution in [2.45, 2.75) is 57.6 Å². The third-order valence-corrected chi connectivity index (χ3v) is 4.97. The van der Waals surface area contributed by atoms with Crippen LogP contribution in [0.1, 0.15) is 51.5 Å². The Morgan fingerprint density at radius 2 is 2.00 bits per heavy atom. The van der Waals surface area contributed by atoms with Crippen LogP contribution in [0, 0.1) is 5.82 Å². The number of alkyl carbamates (subject to hydrolysis) is 1. The van der Waals surface area contributed by atoms with Crippen molar-refractivity contribution < 1.29 is 18.7 Å². The molecule has 1 aromatic rings. The number of nitrogens with one attached hydrogen (secondary N) is 1. The standard InChI is InChI=1S/C18H22BrFN2O3/c1-18(2,3)25-17(24)21-12-8-9-22(16(12)23)13-7-6-11(19)14(15(13)20)10-4-5-10/h6-7,10,12H,4-5,8-9H2,1-3H3,(H,21,24). The minimum absolute atomic E-state index is 0.225. The van der Waals surface area contributed by atoms with E-state index in [1.165, 1.54) is 4.90 Å². The number of rotatable bonds is 3. The van der Waals surface area contributed by atoms with Crippen molar-refractivity contribution >= 4 is 33.6 Å². The highest BCUT2D eigenvalue weighted by atomic mass is 79.9. The lowest BCUT2D eigenvalue weighted by atomic mass is 10.1. The molecule has 1 atom stereocenters. The van der Waals surface area contributed by atoms with Gasteiger partial charge in [0.2, 0.25) is 5.91 Å². The number of amides is 2. The van der Waals surface area contributed by atoms with Crippen molar-refractivity contribution in [3.8, 4) is 0 Å². The Bertz CT molecular complexity index is 713. The quantitative estimate of drug-likeness (QED) is 0.812. The number of ether oxygens (including phenoxy) is 1. The van der Waals surface area contributed by atoms with Crippen LogP contribution in [-0.4, -0.2) is 30.2 Å². The Labute approximate surface area is 155 Å². The maximum absolute atomic E-state index is 14.9. The van der Waals surface area contributed by atoms with Crippen LogP contribution < -0.4 is 10.2 Å². The molecule has 25 heavy (non-hydrogen) atoms. The molecule has 0 radical (unpaired) electrons. The summed E-state index contributed by atoms with van der Waals surface area (Å²) < 4.78 is 20.9. The van der Waals surface area contributed by atoms with E-state index >= 15 is 0 Å². The molecule has 1 aromatic carbocycles. The van der Waals surface area contributed by atoms with Crippen LogP contribution in [0.4, 0.5) is 14.9 Å². The number of carbonyl (C=O) groups is 2. The van der Waals surface area contributed by atoms with Crippen LogP contribution in [0.25, 0.3) is 0 Å². The molecule has 2 aliphatic rings. The van der Waals surface area contributed by atoms with E-state index in [2.05, 4.69) is 21.2 Å². The molecule has 7 heteroatoms.